The first-order valence-electron chi connectivity index (χ1n) is 3.52. The molecule has 0 saturated heterocycles. The average molecular weight is 240 g/mol. The number of rotatable bonds is 3. The van der Waals surface area contributed by atoms with Crippen LogP contribution in [0.5, 0.6) is 0 Å². The largest absolute Gasteiger partial charge is 0.458 e. The van der Waals surface area contributed by atoms with Crippen LogP contribution in [-0.4, -0.2) is 24.8 Å². The molecule has 0 aromatic heterocycles. The van der Waals surface area contributed by atoms with Gasteiger partial charge in [0.05, 0.1) is 6.61 Å². The highest BCUT2D eigenvalue weighted by atomic mass is 19.4. The normalized spacial score (nSPS) is 14.1. The van der Waals surface area contributed by atoms with Crippen molar-refractivity contribution in [3.05, 3.63) is 12.2 Å². The van der Waals surface area contributed by atoms with Crippen LogP contribution in [-0.2, 0) is 4.74 Å². The topological polar surface area (TPSA) is 9.23 Å². The summed E-state index contributed by atoms with van der Waals surface area (Å²) in [6.07, 6.45) is -12.4. The van der Waals surface area contributed by atoms with E-state index in [1.165, 1.54) is 0 Å². The van der Waals surface area contributed by atoms with Crippen molar-refractivity contribution < 1.29 is 35.5 Å². The van der Waals surface area contributed by atoms with Gasteiger partial charge in [0.15, 0.2) is 0 Å². The Morgan fingerprint density at radius 1 is 1.00 bits per heavy atom. The van der Waals surface area contributed by atoms with Gasteiger partial charge in [-0.05, 0) is 6.92 Å². The number of ether oxygens (including phenoxy) is 1. The van der Waals surface area contributed by atoms with Crippen molar-refractivity contribution in [2.45, 2.75) is 25.1 Å². The summed E-state index contributed by atoms with van der Waals surface area (Å²) in [5.41, 5.74) is -0.162. The van der Waals surface area contributed by atoms with E-state index in [1.54, 1.807) is 0 Å². The molecule has 0 amide bonds. The van der Waals surface area contributed by atoms with Crippen LogP contribution in [0.3, 0.4) is 0 Å². The van der Waals surface area contributed by atoms with Gasteiger partial charge in [-0.25, -0.2) is 0 Å². The van der Waals surface area contributed by atoms with Crippen LogP contribution in [0.25, 0.3) is 0 Å². The molecule has 1 nitrogen and oxygen atoms in total. The van der Waals surface area contributed by atoms with E-state index in [9.17, 15) is 30.7 Å². The Hall–Kier alpha value is -0.790. The minimum absolute atomic E-state index is 0.162. The fourth-order valence-electron chi connectivity index (χ4n) is 0.547. The molecule has 0 rings (SSSR count). The van der Waals surface area contributed by atoms with Gasteiger partial charge in [0.2, 0.25) is 0 Å². The molecule has 0 saturated carbocycles. The predicted molar refractivity (Wildman–Crippen MR) is 36.7 cm³/mol. The van der Waals surface area contributed by atoms with Gasteiger partial charge in [0.25, 0.3) is 0 Å². The summed E-state index contributed by atoms with van der Waals surface area (Å²) in [5.74, 6) is -5.65. The monoisotopic (exact) mass is 240 g/mol. The summed E-state index contributed by atoms with van der Waals surface area (Å²) in [6.45, 7) is 2.93. The standard InChI is InChI=1S/C7H7F7O/c1-4(2)3-15-5(8,6(9,10)11)7(12,13)14/h1,3H2,2H3. The van der Waals surface area contributed by atoms with Crippen molar-refractivity contribution >= 4 is 0 Å². The highest BCUT2D eigenvalue weighted by Gasteiger charge is 2.74. The molecule has 0 fully saturated rings. The molecule has 0 bridgehead atoms. The highest BCUT2D eigenvalue weighted by molar-refractivity contribution is 4.92. The molecule has 15 heavy (non-hydrogen) atoms. The van der Waals surface area contributed by atoms with Crippen LogP contribution in [0.1, 0.15) is 6.92 Å². The number of alkyl halides is 7. The maximum atomic E-state index is 12.7. The second-order valence-corrected chi connectivity index (χ2v) is 2.84. The van der Waals surface area contributed by atoms with Crippen molar-refractivity contribution in [1.82, 2.24) is 0 Å². The number of hydrogen-bond donors (Lipinski definition) is 0. The third-order valence-corrected chi connectivity index (χ3v) is 1.25. The SMILES string of the molecule is C=C(C)COC(F)(C(F)(F)F)C(F)(F)F. The third kappa shape index (κ3) is 3.08. The number of hydrogen-bond acceptors (Lipinski definition) is 1. The molecular weight excluding hydrogens is 233 g/mol. The highest BCUT2D eigenvalue weighted by Crippen LogP contribution is 2.46. The summed E-state index contributed by atoms with van der Waals surface area (Å²) < 4.78 is 86.7. The van der Waals surface area contributed by atoms with Gasteiger partial charge in [0, 0.05) is 0 Å². The molecular formula is C7H7F7O. The zero-order chi connectivity index (χ0) is 12.5. The minimum atomic E-state index is -6.18. The Morgan fingerprint density at radius 3 is 1.53 bits per heavy atom. The van der Waals surface area contributed by atoms with Crippen molar-refractivity contribution in [2.24, 2.45) is 0 Å². The molecule has 0 aliphatic heterocycles. The van der Waals surface area contributed by atoms with Crippen molar-refractivity contribution in [1.29, 1.82) is 0 Å². The Balaban J connectivity index is 4.98. The second-order valence-electron chi connectivity index (χ2n) is 2.84. The molecule has 0 aliphatic carbocycles. The summed E-state index contributed by atoms with van der Waals surface area (Å²) in [6, 6.07) is 0. The molecule has 90 valence electrons. The summed E-state index contributed by atoms with van der Waals surface area (Å²) >= 11 is 0. The maximum Gasteiger partial charge on any atom is 0.458 e. The summed E-state index contributed by atoms with van der Waals surface area (Å²) in [7, 11) is 0. The van der Waals surface area contributed by atoms with Crippen molar-refractivity contribution in [2.75, 3.05) is 6.61 Å². The summed E-state index contributed by atoms with van der Waals surface area (Å²) in [4.78, 5) is 0. The third-order valence-electron chi connectivity index (χ3n) is 1.25. The molecule has 0 spiro atoms. The first-order chi connectivity index (χ1) is 6.42. The lowest BCUT2D eigenvalue weighted by molar-refractivity contribution is -0.428. The van der Waals surface area contributed by atoms with Gasteiger partial charge in [0.1, 0.15) is 0 Å². The van der Waals surface area contributed by atoms with Crippen LogP contribution in [0.2, 0.25) is 0 Å². The zero-order valence-electron chi connectivity index (χ0n) is 7.47. The van der Waals surface area contributed by atoms with Gasteiger partial charge in [-0.1, -0.05) is 12.2 Å². The molecule has 0 aliphatic rings. The van der Waals surface area contributed by atoms with Crippen LogP contribution in [0.4, 0.5) is 30.7 Å². The second kappa shape index (κ2) is 3.99. The number of halogens is 7. The Labute approximate surface area is 80.5 Å². The smallest absolute Gasteiger partial charge is 0.327 e. The predicted octanol–water partition coefficient (Wildman–Crippen LogP) is 3.37. The van der Waals surface area contributed by atoms with Crippen LogP contribution >= 0.6 is 0 Å². The quantitative estimate of drug-likeness (QED) is 0.542. The fourth-order valence-corrected chi connectivity index (χ4v) is 0.547. The molecule has 0 aromatic rings. The van der Waals surface area contributed by atoms with Gasteiger partial charge >= 0.3 is 18.2 Å². The molecule has 0 radical (unpaired) electrons. The maximum absolute atomic E-state index is 12.7. The van der Waals surface area contributed by atoms with Gasteiger partial charge in [-0.2, -0.15) is 30.7 Å². The van der Waals surface area contributed by atoms with E-state index in [0.717, 1.165) is 6.92 Å². The van der Waals surface area contributed by atoms with Crippen molar-refractivity contribution in [3.63, 3.8) is 0 Å². The van der Waals surface area contributed by atoms with E-state index in [-0.39, 0.29) is 5.57 Å². The Kier molecular flexibility index (Phi) is 3.78. The lowest BCUT2D eigenvalue weighted by atomic mass is 10.3. The zero-order valence-corrected chi connectivity index (χ0v) is 7.47. The van der Waals surface area contributed by atoms with E-state index < -0.39 is 24.8 Å². The molecule has 0 unspecified atom stereocenters. The average Bonchev–Trinajstić information content (AvgIpc) is 1.95. The molecule has 0 N–H and O–H groups in total. The van der Waals surface area contributed by atoms with E-state index >= 15 is 0 Å². The molecule has 0 aromatic carbocycles. The van der Waals surface area contributed by atoms with E-state index in [0.29, 0.717) is 0 Å². The molecule has 8 heteroatoms. The van der Waals surface area contributed by atoms with Crippen LogP contribution < -0.4 is 0 Å². The lowest BCUT2D eigenvalue weighted by Gasteiger charge is -2.29. The van der Waals surface area contributed by atoms with E-state index in [1.807, 2.05) is 0 Å². The van der Waals surface area contributed by atoms with Crippen LogP contribution in [0.15, 0.2) is 12.2 Å². The van der Waals surface area contributed by atoms with Gasteiger partial charge in [-0.3, -0.25) is 0 Å². The van der Waals surface area contributed by atoms with Gasteiger partial charge in [-0.15, -0.1) is 0 Å². The Bertz CT molecular complexity index is 225. The summed E-state index contributed by atoms with van der Waals surface area (Å²) in [5, 5.41) is 0. The lowest BCUT2D eigenvalue weighted by Crippen LogP contribution is -2.55. The first-order valence-corrected chi connectivity index (χ1v) is 3.52. The van der Waals surface area contributed by atoms with Gasteiger partial charge < -0.3 is 4.74 Å². The van der Waals surface area contributed by atoms with E-state index in [2.05, 4.69) is 11.3 Å². The minimum Gasteiger partial charge on any atom is -0.327 e. The molecule has 0 heterocycles. The van der Waals surface area contributed by atoms with Crippen molar-refractivity contribution in [3.8, 4) is 0 Å². The first kappa shape index (κ1) is 14.2. The van der Waals surface area contributed by atoms with Crippen LogP contribution in [0, 0.1) is 0 Å². The molecule has 0 atom stereocenters. The van der Waals surface area contributed by atoms with E-state index in [4.69, 9.17) is 0 Å². The fraction of sp³-hybridized carbons (Fsp3) is 0.714. The Morgan fingerprint density at radius 2 is 1.33 bits per heavy atom.